The zero-order valence-electron chi connectivity index (χ0n) is 12.8. The predicted molar refractivity (Wildman–Crippen MR) is 94.9 cm³/mol. The third-order valence-corrected chi connectivity index (χ3v) is 5.28. The van der Waals surface area contributed by atoms with Gasteiger partial charge in [0.25, 0.3) is 5.91 Å². The summed E-state index contributed by atoms with van der Waals surface area (Å²) in [6.07, 6.45) is 3.16. The molecule has 0 aliphatic carbocycles. The van der Waals surface area contributed by atoms with Crippen molar-refractivity contribution in [2.24, 2.45) is 5.73 Å². The Hall–Kier alpha value is -1.41. The van der Waals surface area contributed by atoms with E-state index in [0.29, 0.717) is 18.1 Å². The summed E-state index contributed by atoms with van der Waals surface area (Å²) in [5.74, 6) is -0.139. The Labute approximate surface area is 143 Å². The van der Waals surface area contributed by atoms with E-state index in [9.17, 15) is 4.79 Å². The fraction of sp³-hybridized carbons (Fsp3) is 0.375. The maximum Gasteiger partial charge on any atom is 0.255 e. The van der Waals surface area contributed by atoms with Crippen molar-refractivity contribution in [3.05, 3.63) is 29.6 Å². The van der Waals surface area contributed by atoms with Crippen LogP contribution in [0.25, 0.3) is 11.3 Å². The summed E-state index contributed by atoms with van der Waals surface area (Å²) < 4.78 is 5.60. The van der Waals surface area contributed by atoms with Crippen molar-refractivity contribution in [1.82, 2.24) is 4.98 Å². The molecule has 1 fully saturated rings. The van der Waals surface area contributed by atoms with Gasteiger partial charge in [-0.15, -0.1) is 23.1 Å². The number of anilines is 1. The molecule has 5 nitrogen and oxygen atoms in total. The molecule has 1 saturated heterocycles. The van der Waals surface area contributed by atoms with Crippen molar-refractivity contribution in [1.29, 1.82) is 0 Å². The van der Waals surface area contributed by atoms with Gasteiger partial charge in [-0.25, -0.2) is 4.98 Å². The number of thioether (sulfide) groups is 1. The van der Waals surface area contributed by atoms with Crippen LogP contribution < -0.4 is 11.1 Å². The Bertz CT molecular complexity index is 672. The van der Waals surface area contributed by atoms with Crippen LogP contribution in [-0.4, -0.2) is 35.9 Å². The van der Waals surface area contributed by atoms with Gasteiger partial charge in [0.15, 0.2) is 5.13 Å². The van der Waals surface area contributed by atoms with E-state index in [0.717, 1.165) is 17.7 Å². The van der Waals surface area contributed by atoms with Gasteiger partial charge in [-0.05, 0) is 31.2 Å². The highest BCUT2D eigenvalue weighted by Crippen LogP contribution is 2.27. The Kier molecular flexibility index (Phi) is 5.32. The molecular weight excluding hydrogens is 330 g/mol. The first kappa shape index (κ1) is 16.4. The first-order valence-corrected chi connectivity index (χ1v) is 9.56. The third-order valence-electron chi connectivity index (χ3n) is 3.78. The molecule has 0 bridgehead atoms. The number of nitrogens with one attached hydrogen (secondary N) is 1. The molecule has 1 aromatic heterocycles. The molecule has 3 rings (SSSR count). The lowest BCUT2D eigenvalue weighted by Gasteiger charge is -2.11. The van der Waals surface area contributed by atoms with E-state index in [2.05, 4.69) is 22.4 Å². The summed E-state index contributed by atoms with van der Waals surface area (Å²) in [5.41, 5.74) is 7.48. The fourth-order valence-electron chi connectivity index (χ4n) is 2.48. The van der Waals surface area contributed by atoms with Gasteiger partial charge in [-0.2, -0.15) is 0 Å². The summed E-state index contributed by atoms with van der Waals surface area (Å²) in [6.45, 7) is 0.456. The Morgan fingerprint density at radius 1 is 1.43 bits per heavy atom. The number of rotatable bonds is 5. The molecule has 1 aliphatic rings. The van der Waals surface area contributed by atoms with Crippen molar-refractivity contribution in [3.8, 4) is 11.3 Å². The lowest BCUT2D eigenvalue weighted by molar-refractivity contribution is -0.126. The Balaban J connectivity index is 1.63. The molecule has 122 valence electrons. The molecule has 0 saturated carbocycles. The average Bonchev–Trinajstić information content (AvgIpc) is 3.24. The maximum atomic E-state index is 12.2. The molecule has 23 heavy (non-hydrogen) atoms. The lowest BCUT2D eigenvalue weighted by Crippen LogP contribution is -2.29. The number of amides is 1. The standard InChI is InChI=1S/C16H19N3O2S2/c1-22-12-5-2-10(3-6-12)13-9-23-16(18-13)19-15(20)14-7-4-11(8-17)21-14/h2-3,5-6,9,11,14H,4,7-8,17H2,1H3,(H,18,19,20)/t11-,14+/m1/s1. The molecule has 3 N–H and O–H groups in total. The second kappa shape index (κ2) is 7.44. The molecule has 0 spiro atoms. The third kappa shape index (κ3) is 3.92. The van der Waals surface area contributed by atoms with Crippen LogP contribution in [0, 0.1) is 0 Å². The van der Waals surface area contributed by atoms with E-state index in [1.54, 1.807) is 11.8 Å². The van der Waals surface area contributed by atoms with E-state index in [-0.39, 0.29) is 12.0 Å². The second-order valence-corrected chi connectivity index (χ2v) is 7.05. The molecule has 2 atom stereocenters. The highest BCUT2D eigenvalue weighted by molar-refractivity contribution is 7.98. The number of thiazole rings is 1. The van der Waals surface area contributed by atoms with E-state index < -0.39 is 6.10 Å². The van der Waals surface area contributed by atoms with Gasteiger partial charge < -0.3 is 10.5 Å². The fourth-order valence-corrected chi connectivity index (χ4v) is 3.61. The van der Waals surface area contributed by atoms with E-state index in [1.165, 1.54) is 16.2 Å². The SMILES string of the molecule is CSc1ccc(-c2csc(NC(=O)[C@@H]3CC[C@H](CN)O3)n2)cc1. The smallest absolute Gasteiger partial charge is 0.255 e. The average molecular weight is 349 g/mol. The summed E-state index contributed by atoms with van der Waals surface area (Å²) in [7, 11) is 0. The molecule has 2 aromatic rings. The molecule has 7 heteroatoms. The Morgan fingerprint density at radius 2 is 2.22 bits per heavy atom. The van der Waals surface area contributed by atoms with Crippen LogP contribution in [0.2, 0.25) is 0 Å². The van der Waals surface area contributed by atoms with Crippen LogP contribution >= 0.6 is 23.1 Å². The van der Waals surface area contributed by atoms with E-state index in [4.69, 9.17) is 10.5 Å². The highest BCUT2D eigenvalue weighted by Gasteiger charge is 2.30. The molecule has 0 unspecified atom stereocenters. The number of carbonyl (C=O) groups is 1. The quantitative estimate of drug-likeness (QED) is 0.812. The number of hydrogen-bond donors (Lipinski definition) is 2. The molecule has 0 radical (unpaired) electrons. The number of carbonyl (C=O) groups excluding carboxylic acids is 1. The van der Waals surface area contributed by atoms with Crippen molar-refractivity contribution in [2.45, 2.75) is 29.9 Å². The zero-order chi connectivity index (χ0) is 16.2. The zero-order valence-corrected chi connectivity index (χ0v) is 14.5. The summed E-state index contributed by atoms with van der Waals surface area (Å²) >= 11 is 3.12. The van der Waals surface area contributed by atoms with Gasteiger partial charge in [0, 0.05) is 22.4 Å². The van der Waals surface area contributed by atoms with Crippen LogP contribution in [0.1, 0.15) is 12.8 Å². The number of ether oxygens (including phenoxy) is 1. The van der Waals surface area contributed by atoms with Gasteiger partial charge in [-0.3, -0.25) is 10.1 Å². The summed E-state index contributed by atoms with van der Waals surface area (Å²) in [4.78, 5) is 17.9. The van der Waals surface area contributed by atoms with Crippen LogP contribution in [-0.2, 0) is 9.53 Å². The van der Waals surface area contributed by atoms with E-state index in [1.807, 2.05) is 23.8 Å². The van der Waals surface area contributed by atoms with Gasteiger partial charge in [-0.1, -0.05) is 12.1 Å². The number of benzene rings is 1. The first-order valence-electron chi connectivity index (χ1n) is 7.46. The monoisotopic (exact) mass is 349 g/mol. The minimum atomic E-state index is -0.420. The minimum Gasteiger partial charge on any atom is -0.364 e. The molecule has 1 amide bonds. The van der Waals surface area contributed by atoms with Gasteiger partial charge >= 0.3 is 0 Å². The van der Waals surface area contributed by atoms with Gasteiger partial charge in [0.2, 0.25) is 0 Å². The minimum absolute atomic E-state index is 0.00689. The topological polar surface area (TPSA) is 77.2 Å². The molecule has 2 heterocycles. The normalized spacial score (nSPS) is 20.6. The lowest BCUT2D eigenvalue weighted by atomic mass is 10.2. The van der Waals surface area contributed by atoms with E-state index >= 15 is 0 Å². The van der Waals surface area contributed by atoms with Crippen molar-refractivity contribution >= 4 is 34.1 Å². The number of aromatic nitrogens is 1. The number of nitrogens with two attached hydrogens (primary N) is 1. The van der Waals surface area contributed by atoms with Crippen molar-refractivity contribution < 1.29 is 9.53 Å². The van der Waals surface area contributed by atoms with Crippen LogP contribution in [0.5, 0.6) is 0 Å². The molecular formula is C16H19N3O2S2. The predicted octanol–water partition coefficient (Wildman–Crippen LogP) is 2.98. The highest BCUT2D eigenvalue weighted by atomic mass is 32.2. The summed E-state index contributed by atoms with van der Waals surface area (Å²) in [5, 5.41) is 5.38. The molecule has 1 aromatic carbocycles. The largest absolute Gasteiger partial charge is 0.364 e. The van der Waals surface area contributed by atoms with Gasteiger partial charge in [0.1, 0.15) is 6.10 Å². The Morgan fingerprint density at radius 3 is 2.87 bits per heavy atom. The maximum absolute atomic E-state index is 12.2. The van der Waals surface area contributed by atoms with Crippen LogP contribution in [0.15, 0.2) is 34.5 Å². The van der Waals surface area contributed by atoms with Crippen molar-refractivity contribution in [2.75, 3.05) is 18.1 Å². The van der Waals surface area contributed by atoms with Crippen LogP contribution in [0.3, 0.4) is 0 Å². The van der Waals surface area contributed by atoms with Crippen molar-refractivity contribution in [3.63, 3.8) is 0 Å². The van der Waals surface area contributed by atoms with Crippen LogP contribution in [0.4, 0.5) is 5.13 Å². The number of nitrogens with zero attached hydrogens (tertiary/aromatic N) is 1. The number of hydrogen-bond acceptors (Lipinski definition) is 6. The summed E-state index contributed by atoms with van der Waals surface area (Å²) in [6, 6.07) is 8.21. The second-order valence-electron chi connectivity index (χ2n) is 5.32. The first-order chi connectivity index (χ1) is 11.2. The van der Waals surface area contributed by atoms with Gasteiger partial charge in [0.05, 0.1) is 11.8 Å². The molecule has 1 aliphatic heterocycles.